The lowest BCUT2D eigenvalue weighted by molar-refractivity contribution is -0.128. The van der Waals surface area contributed by atoms with Crippen molar-refractivity contribution in [3.8, 4) is 0 Å². The molecule has 1 aliphatic heterocycles. The molecule has 164 valence electrons. The zero-order chi connectivity index (χ0) is 22.1. The first kappa shape index (κ1) is 22.3. The Morgan fingerprint density at radius 1 is 0.839 bits per heavy atom. The van der Waals surface area contributed by atoms with Gasteiger partial charge in [-0.2, -0.15) is 0 Å². The van der Waals surface area contributed by atoms with Crippen LogP contribution >= 0.6 is 0 Å². The Labute approximate surface area is 182 Å². The maximum atomic E-state index is 12.1. The molecule has 1 saturated heterocycles. The first-order valence-electron chi connectivity index (χ1n) is 10.5. The number of anilines is 2. The van der Waals surface area contributed by atoms with E-state index in [-0.39, 0.29) is 24.1 Å². The summed E-state index contributed by atoms with van der Waals surface area (Å²) in [7, 11) is 0. The van der Waals surface area contributed by atoms with Gasteiger partial charge in [0.15, 0.2) is 0 Å². The van der Waals surface area contributed by atoms with E-state index in [0.29, 0.717) is 18.7 Å². The normalized spacial score (nSPS) is 14.0. The standard InChI is InChI=1S/C23H29N5O3/c1-18(29)24-20-9-7-19(8-10-20)17-23(31)26-25-22(30)11-12-27-13-15-28(16-14-27)21-5-3-2-4-6-21/h2-10H,11-17H2,1H3,(H,24,29)(H,25,30)(H,26,31). The van der Waals surface area contributed by atoms with E-state index < -0.39 is 0 Å². The van der Waals surface area contributed by atoms with Crippen LogP contribution in [0.15, 0.2) is 54.6 Å². The van der Waals surface area contributed by atoms with Crippen molar-refractivity contribution in [2.24, 2.45) is 0 Å². The lowest BCUT2D eigenvalue weighted by Crippen LogP contribution is -2.48. The van der Waals surface area contributed by atoms with E-state index in [4.69, 9.17) is 0 Å². The fourth-order valence-electron chi connectivity index (χ4n) is 3.47. The summed E-state index contributed by atoms with van der Waals surface area (Å²) in [4.78, 5) is 39.8. The molecule has 3 rings (SSSR count). The molecule has 8 nitrogen and oxygen atoms in total. The highest BCUT2D eigenvalue weighted by molar-refractivity contribution is 5.88. The van der Waals surface area contributed by atoms with Gasteiger partial charge in [-0.15, -0.1) is 0 Å². The molecule has 2 aromatic carbocycles. The van der Waals surface area contributed by atoms with Crippen LogP contribution in [-0.4, -0.2) is 55.3 Å². The predicted molar refractivity (Wildman–Crippen MR) is 120 cm³/mol. The molecule has 3 amide bonds. The highest BCUT2D eigenvalue weighted by atomic mass is 16.2. The molecule has 1 heterocycles. The van der Waals surface area contributed by atoms with Crippen LogP contribution in [-0.2, 0) is 20.8 Å². The van der Waals surface area contributed by atoms with Gasteiger partial charge < -0.3 is 10.2 Å². The Balaban J connectivity index is 1.31. The molecule has 1 aliphatic rings. The summed E-state index contributed by atoms with van der Waals surface area (Å²) in [6.07, 6.45) is 0.471. The van der Waals surface area contributed by atoms with Gasteiger partial charge in [-0.1, -0.05) is 30.3 Å². The number of carbonyl (C=O) groups excluding carboxylic acids is 3. The number of nitrogens with zero attached hydrogens (tertiary/aromatic N) is 2. The number of hydrazine groups is 1. The summed E-state index contributed by atoms with van der Waals surface area (Å²) < 4.78 is 0. The van der Waals surface area contributed by atoms with E-state index in [0.717, 1.165) is 31.7 Å². The Morgan fingerprint density at radius 3 is 2.13 bits per heavy atom. The summed E-state index contributed by atoms with van der Waals surface area (Å²) in [5.74, 6) is -0.650. The topological polar surface area (TPSA) is 93.8 Å². The molecule has 0 spiro atoms. The van der Waals surface area contributed by atoms with Crippen LogP contribution in [0, 0.1) is 0 Å². The number of hydrogen-bond donors (Lipinski definition) is 3. The minimum atomic E-state index is -0.294. The van der Waals surface area contributed by atoms with Crippen LogP contribution in [0.3, 0.4) is 0 Å². The minimum Gasteiger partial charge on any atom is -0.369 e. The molecule has 0 aromatic heterocycles. The molecule has 1 fully saturated rings. The van der Waals surface area contributed by atoms with E-state index in [1.165, 1.54) is 12.6 Å². The van der Waals surface area contributed by atoms with Gasteiger partial charge in [-0.3, -0.25) is 30.1 Å². The van der Waals surface area contributed by atoms with Gasteiger partial charge in [0.1, 0.15) is 0 Å². The first-order chi connectivity index (χ1) is 15.0. The molecule has 2 aromatic rings. The average molecular weight is 424 g/mol. The number of hydrogen-bond acceptors (Lipinski definition) is 5. The second-order valence-electron chi connectivity index (χ2n) is 7.57. The zero-order valence-electron chi connectivity index (χ0n) is 17.8. The Bertz CT molecular complexity index is 878. The average Bonchev–Trinajstić information content (AvgIpc) is 2.78. The van der Waals surface area contributed by atoms with Gasteiger partial charge in [0, 0.05) is 57.4 Å². The summed E-state index contributed by atoms with van der Waals surface area (Å²) in [6.45, 7) is 5.78. The third-order valence-electron chi connectivity index (χ3n) is 5.13. The van der Waals surface area contributed by atoms with Crippen LogP contribution in [0.5, 0.6) is 0 Å². The number of benzene rings is 2. The second kappa shape index (κ2) is 11.1. The van der Waals surface area contributed by atoms with Crippen molar-refractivity contribution in [3.05, 3.63) is 60.2 Å². The summed E-state index contributed by atoms with van der Waals surface area (Å²) in [5.41, 5.74) is 7.63. The number of rotatable bonds is 7. The van der Waals surface area contributed by atoms with Gasteiger partial charge in [0.2, 0.25) is 17.7 Å². The van der Waals surface area contributed by atoms with Gasteiger partial charge >= 0.3 is 0 Å². The minimum absolute atomic E-state index is 0.141. The molecule has 8 heteroatoms. The fraction of sp³-hybridized carbons (Fsp3) is 0.348. The molecular formula is C23H29N5O3. The number of piperazine rings is 1. The molecule has 0 atom stereocenters. The van der Waals surface area contributed by atoms with E-state index in [1.54, 1.807) is 24.3 Å². The predicted octanol–water partition coefficient (Wildman–Crippen LogP) is 1.55. The Morgan fingerprint density at radius 2 is 1.48 bits per heavy atom. The SMILES string of the molecule is CC(=O)Nc1ccc(CC(=O)NNC(=O)CCN2CCN(c3ccccc3)CC2)cc1. The molecule has 31 heavy (non-hydrogen) atoms. The number of nitrogens with one attached hydrogen (secondary N) is 3. The zero-order valence-corrected chi connectivity index (χ0v) is 17.8. The van der Waals surface area contributed by atoms with E-state index in [1.807, 2.05) is 18.2 Å². The quantitative estimate of drug-likeness (QED) is 0.588. The van der Waals surface area contributed by atoms with Crippen LogP contribution in [0.25, 0.3) is 0 Å². The highest BCUT2D eigenvalue weighted by Gasteiger charge is 2.17. The molecule has 3 N–H and O–H groups in total. The fourth-order valence-corrected chi connectivity index (χ4v) is 3.47. The molecule has 0 bridgehead atoms. The lowest BCUT2D eigenvalue weighted by atomic mass is 10.1. The molecule has 0 unspecified atom stereocenters. The smallest absolute Gasteiger partial charge is 0.242 e. The largest absolute Gasteiger partial charge is 0.369 e. The van der Waals surface area contributed by atoms with Crippen LogP contribution in [0.4, 0.5) is 11.4 Å². The van der Waals surface area contributed by atoms with E-state index in [9.17, 15) is 14.4 Å². The monoisotopic (exact) mass is 423 g/mol. The van der Waals surface area contributed by atoms with Crippen LogP contribution in [0.2, 0.25) is 0 Å². The number of para-hydroxylation sites is 1. The molecule has 0 saturated carbocycles. The number of amides is 3. The van der Waals surface area contributed by atoms with Crippen molar-refractivity contribution in [2.45, 2.75) is 19.8 Å². The van der Waals surface area contributed by atoms with Crippen molar-refractivity contribution in [1.82, 2.24) is 15.8 Å². The Hall–Kier alpha value is -3.39. The maximum absolute atomic E-state index is 12.1. The number of carbonyl (C=O) groups is 3. The molecular weight excluding hydrogens is 394 g/mol. The third-order valence-corrected chi connectivity index (χ3v) is 5.13. The van der Waals surface area contributed by atoms with Crippen molar-refractivity contribution in [2.75, 3.05) is 42.9 Å². The van der Waals surface area contributed by atoms with Gasteiger partial charge in [-0.25, -0.2) is 0 Å². The van der Waals surface area contributed by atoms with Crippen molar-refractivity contribution < 1.29 is 14.4 Å². The lowest BCUT2D eigenvalue weighted by Gasteiger charge is -2.36. The van der Waals surface area contributed by atoms with Crippen molar-refractivity contribution in [3.63, 3.8) is 0 Å². The van der Waals surface area contributed by atoms with E-state index in [2.05, 4.69) is 38.1 Å². The van der Waals surface area contributed by atoms with Crippen molar-refractivity contribution in [1.29, 1.82) is 0 Å². The van der Waals surface area contributed by atoms with Crippen LogP contribution in [0.1, 0.15) is 18.9 Å². The summed E-state index contributed by atoms with van der Waals surface area (Å²) >= 11 is 0. The highest BCUT2D eigenvalue weighted by Crippen LogP contribution is 2.15. The van der Waals surface area contributed by atoms with Gasteiger partial charge in [0.25, 0.3) is 0 Å². The van der Waals surface area contributed by atoms with Crippen LogP contribution < -0.4 is 21.1 Å². The summed E-state index contributed by atoms with van der Waals surface area (Å²) in [5, 5.41) is 2.67. The first-order valence-corrected chi connectivity index (χ1v) is 10.5. The van der Waals surface area contributed by atoms with E-state index >= 15 is 0 Å². The molecule has 0 aliphatic carbocycles. The van der Waals surface area contributed by atoms with Crippen molar-refractivity contribution >= 4 is 29.1 Å². The maximum Gasteiger partial charge on any atom is 0.242 e. The Kier molecular flexibility index (Phi) is 8.00. The summed E-state index contributed by atoms with van der Waals surface area (Å²) in [6, 6.07) is 17.3. The molecule has 0 radical (unpaired) electrons. The third kappa shape index (κ3) is 7.42. The van der Waals surface area contributed by atoms with Gasteiger partial charge in [0.05, 0.1) is 6.42 Å². The van der Waals surface area contributed by atoms with Gasteiger partial charge in [-0.05, 0) is 29.8 Å². The second-order valence-corrected chi connectivity index (χ2v) is 7.57.